The number of para-hydroxylation sites is 1. The summed E-state index contributed by atoms with van der Waals surface area (Å²) >= 11 is 1.52. The van der Waals surface area contributed by atoms with Crippen molar-refractivity contribution in [3.8, 4) is 0 Å². The lowest BCUT2D eigenvalue weighted by Crippen LogP contribution is -2.45. The Kier molecular flexibility index (Phi) is 5.86. The van der Waals surface area contributed by atoms with E-state index < -0.39 is 24.0 Å². The van der Waals surface area contributed by atoms with E-state index in [-0.39, 0.29) is 12.3 Å². The van der Waals surface area contributed by atoms with Crippen molar-refractivity contribution in [3.05, 3.63) is 29.3 Å². The van der Waals surface area contributed by atoms with Gasteiger partial charge in [0.2, 0.25) is 0 Å². The number of aryl methyl sites for hydroxylation is 1. The van der Waals surface area contributed by atoms with Crippen LogP contribution in [0.2, 0.25) is 0 Å². The van der Waals surface area contributed by atoms with Gasteiger partial charge in [-0.05, 0) is 18.1 Å². The number of primary amides is 1. The minimum atomic E-state index is -1.06. The Morgan fingerprint density at radius 1 is 1.29 bits per heavy atom. The maximum Gasteiger partial charge on any atom is 0.318 e. The molecular weight excluding hydrogens is 330 g/mol. The zero-order valence-corrected chi connectivity index (χ0v) is 14.3. The quantitative estimate of drug-likeness (QED) is 0.775. The predicted molar refractivity (Wildman–Crippen MR) is 90.4 cm³/mol. The first kappa shape index (κ1) is 17.9. The molecule has 0 spiro atoms. The Bertz CT molecular complexity index is 724. The third-order valence-electron chi connectivity index (χ3n) is 3.25. The zero-order chi connectivity index (χ0) is 17.7. The van der Waals surface area contributed by atoms with Crippen molar-refractivity contribution in [2.24, 2.45) is 11.7 Å². The van der Waals surface area contributed by atoms with E-state index >= 15 is 0 Å². The number of hydrogen-bond acceptors (Lipinski definition) is 6. The van der Waals surface area contributed by atoms with E-state index in [1.807, 2.05) is 29.6 Å². The van der Waals surface area contributed by atoms with Crippen molar-refractivity contribution in [2.45, 2.75) is 32.8 Å². The molecular formula is C16H19N3O4S. The van der Waals surface area contributed by atoms with Crippen LogP contribution in [0, 0.1) is 5.92 Å². The highest BCUT2D eigenvalue weighted by atomic mass is 32.1. The van der Waals surface area contributed by atoms with E-state index in [1.165, 1.54) is 11.3 Å². The molecule has 0 fully saturated rings. The molecule has 0 radical (unpaired) electrons. The molecule has 1 aromatic carbocycles. The molecule has 0 aliphatic heterocycles. The fourth-order valence-electron chi connectivity index (χ4n) is 2.12. The number of rotatable bonds is 6. The molecule has 2 aromatic rings. The van der Waals surface area contributed by atoms with Crippen molar-refractivity contribution in [3.63, 3.8) is 0 Å². The number of imide groups is 1. The zero-order valence-electron chi connectivity index (χ0n) is 13.4. The molecule has 0 saturated heterocycles. The standard InChI is InChI=1S/C16H19N3O4S/c1-9(2)14(15(21)19-16(17)22)23-13(20)8-7-12-18-10-5-3-4-6-11(10)24-12/h3-6,9,14H,7-8H2,1-2H3,(H3,17,19,21,22). The van der Waals surface area contributed by atoms with Crippen molar-refractivity contribution < 1.29 is 19.1 Å². The Morgan fingerprint density at radius 3 is 2.62 bits per heavy atom. The maximum absolute atomic E-state index is 12.0. The highest BCUT2D eigenvalue weighted by molar-refractivity contribution is 7.18. The van der Waals surface area contributed by atoms with E-state index in [4.69, 9.17) is 10.5 Å². The van der Waals surface area contributed by atoms with Crippen LogP contribution < -0.4 is 11.1 Å². The largest absolute Gasteiger partial charge is 0.452 e. The number of urea groups is 1. The molecule has 0 bridgehead atoms. The smallest absolute Gasteiger partial charge is 0.318 e. The number of nitrogens with one attached hydrogen (secondary N) is 1. The second-order valence-electron chi connectivity index (χ2n) is 5.58. The summed E-state index contributed by atoms with van der Waals surface area (Å²) in [7, 11) is 0. The number of benzene rings is 1. The van der Waals surface area contributed by atoms with Crippen LogP contribution in [-0.2, 0) is 20.7 Å². The Labute approximate surface area is 143 Å². The number of nitrogens with two attached hydrogens (primary N) is 1. The summed E-state index contributed by atoms with van der Waals surface area (Å²) in [6.07, 6.45) is -0.520. The van der Waals surface area contributed by atoms with Crippen molar-refractivity contribution in [1.82, 2.24) is 10.3 Å². The fraction of sp³-hybridized carbons (Fsp3) is 0.375. The number of aromatic nitrogens is 1. The van der Waals surface area contributed by atoms with Gasteiger partial charge in [-0.25, -0.2) is 9.78 Å². The Balaban J connectivity index is 1.93. The molecule has 3 amide bonds. The van der Waals surface area contributed by atoms with Gasteiger partial charge in [-0.1, -0.05) is 26.0 Å². The average Bonchev–Trinajstić information content (AvgIpc) is 2.92. The van der Waals surface area contributed by atoms with Crippen LogP contribution in [-0.4, -0.2) is 29.0 Å². The number of carbonyl (C=O) groups is 3. The van der Waals surface area contributed by atoms with Gasteiger partial charge in [0, 0.05) is 6.42 Å². The number of esters is 1. The molecule has 2 rings (SSSR count). The summed E-state index contributed by atoms with van der Waals surface area (Å²) in [5, 5.41) is 2.76. The van der Waals surface area contributed by atoms with E-state index in [9.17, 15) is 14.4 Å². The molecule has 0 aliphatic rings. The van der Waals surface area contributed by atoms with E-state index in [0.717, 1.165) is 15.2 Å². The summed E-state index contributed by atoms with van der Waals surface area (Å²) in [6, 6.07) is 6.75. The highest BCUT2D eigenvalue weighted by Crippen LogP contribution is 2.22. The first-order chi connectivity index (χ1) is 11.4. The molecule has 3 N–H and O–H groups in total. The minimum absolute atomic E-state index is 0.104. The molecule has 0 saturated carbocycles. The molecule has 1 heterocycles. The Hall–Kier alpha value is -2.48. The minimum Gasteiger partial charge on any atom is -0.452 e. The van der Waals surface area contributed by atoms with Gasteiger partial charge < -0.3 is 10.5 Å². The van der Waals surface area contributed by atoms with Crippen LogP contribution in [0.15, 0.2) is 24.3 Å². The van der Waals surface area contributed by atoms with Crippen LogP contribution in [0.5, 0.6) is 0 Å². The van der Waals surface area contributed by atoms with Crippen LogP contribution >= 0.6 is 11.3 Å². The molecule has 1 unspecified atom stereocenters. The predicted octanol–water partition coefficient (Wildman–Crippen LogP) is 1.99. The Morgan fingerprint density at radius 2 is 2.00 bits per heavy atom. The SMILES string of the molecule is CC(C)C(OC(=O)CCc1nc2ccccc2s1)C(=O)NC(N)=O. The number of nitrogens with zero attached hydrogens (tertiary/aromatic N) is 1. The topological polar surface area (TPSA) is 111 Å². The van der Waals surface area contributed by atoms with Gasteiger partial charge in [-0.3, -0.25) is 14.9 Å². The van der Waals surface area contributed by atoms with E-state index in [2.05, 4.69) is 4.98 Å². The molecule has 128 valence electrons. The lowest BCUT2D eigenvalue weighted by atomic mass is 10.1. The van der Waals surface area contributed by atoms with Gasteiger partial charge in [0.1, 0.15) is 0 Å². The lowest BCUT2D eigenvalue weighted by Gasteiger charge is -2.19. The van der Waals surface area contributed by atoms with Crippen LogP contribution in [0.25, 0.3) is 10.2 Å². The van der Waals surface area contributed by atoms with Gasteiger partial charge in [-0.2, -0.15) is 0 Å². The van der Waals surface area contributed by atoms with Crippen LogP contribution in [0.3, 0.4) is 0 Å². The normalized spacial score (nSPS) is 12.1. The monoisotopic (exact) mass is 349 g/mol. The summed E-state index contributed by atoms with van der Waals surface area (Å²) < 4.78 is 6.25. The van der Waals surface area contributed by atoms with E-state index in [1.54, 1.807) is 13.8 Å². The first-order valence-corrected chi connectivity index (χ1v) is 8.32. The van der Waals surface area contributed by atoms with E-state index in [0.29, 0.717) is 6.42 Å². The third-order valence-corrected chi connectivity index (χ3v) is 4.35. The summed E-state index contributed by atoms with van der Waals surface area (Å²) in [5.74, 6) is -1.52. The number of hydrogen-bond donors (Lipinski definition) is 2. The number of amides is 3. The van der Waals surface area contributed by atoms with Gasteiger partial charge in [0.15, 0.2) is 6.10 Å². The number of fused-ring (bicyclic) bond motifs is 1. The number of ether oxygens (including phenoxy) is 1. The molecule has 1 aromatic heterocycles. The molecule has 8 heteroatoms. The summed E-state index contributed by atoms with van der Waals surface area (Å²) in [4.78, 5) is 39.0. The molecule has 7 nitrogen and oxygen atoms in total. The third kappa shape index (κ3) is 4.76. The summed E-state index contributed by atoms with van der Waals surface area (Å²) in [5.41, 5.74) is 5.81. The van der Waals surface area contributed by atoms with Crippen LogP contribution in [0.4, 0.5) is 4.79 Å². The highest BCUT2D eigenvalue weighted by Gasteiger charge is 2.27. The second-order valence-corrected chi connectivity index (χ2v) is 6.70. The van der Waals surface area contributed by atoms with Crippen molar-refractivity contribution in [1.29, 1.82) is 0 Å². The van der Waals surface area contributed by atoms with Gasteiger partial charge in [-0.15, -0.1) is 11.3 Å². The van der Waals surface area contributed by atoms with Gasteiger partial charge in [0.25, 0.3) is 5.91 Å². The molecule has 0 aliphatic carbocycles. The average molecular weight is 349 g/mol. The van der Waals surface area contributed by atoms with Crippen molar-refractivity contribution >= 4 is 39.5 Å². The molecule has 24 heavy (non-hydrogen) atoms. The second kappa shape index (κ2) is 7.87. The van der Waals surface area contributed by atoms with Gasteiger partial charge in [0.05, 0.1) is 21.6 Å². The first-order valence-electron chi connectivity index (χ1n) is 7.51. The van der Waals surface area contributed by atoms with Crippen LogP contribution in [0.1, 0.15) is 25.3 Å². The summed E-state index contributed by atoms with van der Waals surface area (Å²) in [6.45, 7) is 3.43. The number of thiazole rings is 1. The van der Waals surface area contributed by atoms with Crippen molar-refractivity contribution in [2.75, 3.05) is 0 Å². The number of carbonyl (C=O) groups excluding carboxylic acids is 3. The lowest BCUT2D eigenvalue weighted by molar-refractivity contribution is -0.158. The van der Waals surface area contributed by atoms with Gasteiger partial charge >= 0.3 is 12.0 Å². The molecule has 1 atom stereocenters. The maximum atomic E-state index is 12.0. The fourth-order valence-corrected chi connectivity index (χ4v) is 3.09.